The Kier molecular flexibility index (Phi) is 4.39. The molecular formula is C17H14O2S. The standard InChI is InChI=1S/C17H14O2S/c1-15(12-13-16-8-4-2-5-9-16)14-20(18,19)17-10-6-3-7-11-17/h2-11,14H,1H3/b15-14-. The molecule has 0 amide bonds. The van der Waals surface area contributed by atoms with E-state index in [-0.39, 0.29) is 4.90 Å². The SMILES string of the molecule is C/C(C#Cc1ccccc1)=C/S(=O)(=O)c1ccccc1. The Balaban J connectivity index is 2.26. The van der Waals surface area contributed by atoms with E-state index >= 15 is 0 Å². The van der Waals surface area contributed by atoms with Gasteiger partial charge >= 0.3 is 0 Å². The van der Waals surface area contributed by atoms with Gasteiger partial charge in [-0.15, -0.1) is 0 Å². The van der Waals surface area contributed by atoms with Crippen molar-refractivity contribution in [2.75, 3.05) is 0 Å². The molecule has 3 heteroatoms. The van der Waals surface area contributed by atoms with Crippen LogP contribution in [0.1, 0.15) is 12.5 Å². The first kappa shape index (κ1) is 14.1. The van der Waals surface area contributed by atoms with Crippen molar-refractivity contribution >= 4 is 9.84 Å². The molecule has 0 saturated carbocycles. The number of sulfone groups is 1. The van der Waals surface area contributed by atoms with Crippen molar-refractivity contribution in [1.82, 2.24) is 0 Å². The van der Waals surface area contributed by atoms with E-state index in [2.05, 4.69) is 11.8 Å². The van der Waals surface area contributed by atoms with Crippen molar-refractivity contribution in [3.63, 3.8) is 0 Å². The molecule has 2 aromatic rings. The lowest BCUT2D eigenvalue weighted by atomic mass is 10.2. The van der Waals surface area contributed by atoms with Gasteiger partial charge in [-0.1, -0.05) is 48.2 Å². The molecule has 0 unspecified atom stereocenters. The Morgan fingerprint density at radius 1 is 0.950 bits per heavy atom. The highest BCUT2D eigenvalue weighted by molar-refractivity contribution is 7.94. The first-order valence-corrected chi connectivity index (χ1v) is 7.68. The molecule has 20 heavy (non-hydrogen) atoms. The zero-order valence-corrected chi connectivity index (χ0v) is 11.9. The number of allylic oxidation sites excluding steroid dienone is 1. The van der Waals surface area contributed by atoms with Crippen molar-refractivity contribution in [3.05, 3.63) is 77.2 Å². The summed E-state index contributed by atoms with van der Waals surface area (Å²) >= 11 is 0. The molecule has 2 rings (SSSR count). The van der Waals surface area contributed by atoms with Gasteiger partial charge in [-0.3, -0.25) is 0 Å². The van der Waals surface area contributed by atoms with Crippen LogP contribution in [0.5, 0.6) is 0 Å². The normalized spacial score (nSPS) is 11.6. The van der Waals surface area contributed by atoms with E-state index in [0.29, 0.717) is 5.57 Å². The summed E-state index contributed by atoms with van der Waals surface area (Å²) in [4.78, 5) is 0.279. The zero-order chi connectivity index (χ0) is 14.4. The minimum absolute atomic E-state index is 0.279. The molecule has 100 valence electrons. The number of hydrogen-bond donors (Lipinski definition) is 0. The highest BCUT2D eigenvalue weighted by Gasteiger charge is 2.09. The first-order chi connectivity index (χ1) is 9.58. The van der Waals surface area contributed by atoms with Crippen molar-refractivity contribution in [2.24, 2.45) is 0 Å². The smallest absolute Gasteiger partial charge is 0.200 e. The second kappa shape index (κ2) is 6.23. The maximum absolute atomic E-state index is 12.1. The van der Waals surface area contributed by atoms with E-state index in [1.807, 2.05) is 30.3 Å². The lowest BCUT2D eigenvalue weighted by Gasteiger charge is -1.98. The van der Waals surface area contributed by atoms with E-state index in [0.717, 1.165) is 5.56 Å². The van der Waals surface area contributed by atoms with Gasteiger partial charge in [0.05, 0.1) is 4.90 Å². The predicted molar refractivity (Wildman–Crippen MR) is 80.7 cm³/mol. The zero-order valence-electron chi connectivity index (χ0n) is 11.1. The summed E-state index contributed by atoms with van der Waals surface area (Å²) in [6.07, 6.45) is 0. The molecule has 0 fully saturated rings. The quantitative estimate of drug-likeness (QED) is 0.791. The second-order valence-corrected chi connectivity index (χ2v) is 6.07. The van der Waals surface area contributed by atoms with E-state index in [1.54, 1.807) is 37.3 Å². The summed E-state index contributed by atoms with van der Waals surface area (Å²) in [5.41, 5.74) is 1.37. The van der Waals surface area contributed by atoms with E-state index < -0.39 is 9.84 Å². The van der Waals surface area contributed by atoms with Crippen LogP contribution in [0.15, 0.2) is 76.5 Å². The molecule has 2 aromatic carbocycles. The summed E-state index contributed by atoms with van der Waals surface area (Å²) in [7, 11) is -3.43. The maximum atomic E-state index is 12.1. The predicted octanol–water partition coefficient (Wildman–Crippen LogP) is 3.42. The van der Waals surface area contributed by atoms with Crippen LogP contribution in [0.4, 0.5) is 0 Å². The second-order valence-electron chi connectivity index (χ2n) is 4.27. The third kappa shape index (κ3) is 3.84. The highest BCUT2D eigenvalue weighted by Crippen LogP contribution is 2.13. The van der Waals surface area contributed by atoms with Crippen molar-refractivity contribution in [2.45, 2.75) is 11.8 Å². The van der Waals surface area contributed by atoms with E-state index in [4.69, 9.17) is 0 Å². The van der Waals surface area contributed by atoms with Crippen LogP contribution in [0, 0.1) is 11.8 Å². The van der Waals surface area contributed by atoms with Crippen LogP contribution in [-0.4, -0.2) is 8.42 Å². The molecular weight excluding hydrogens is 268 g/mol. The Hall–Kier alpha value is -2.31. The molecule has 0 N–H and O–H groups in total. The minimum Gasteiger partial charge on any atom is -0.219 e. The van der Waals surface area contributed by atoms with Gasteiger partial charge in [0.2, 0.25) is 9.84 Å². The number of benzene rings is 2. The van der Waals surface area contributed by atoms with Gasteiger partial charge in [0.15, 0.2) is 0 Å². The van der Waals surface area contributed by atoms with Gasteiger partial charge in [0.25, 0.3) is 0 Å². The molecule has 0 aromatic heterocycles. The van der Waals surface area contributed by atoms with Crippen LogP contribution < -0.4 is 0 Å². The lowest BCUT2D eigenvalue weighted by molar-refractivity contribution is 0.604. The highest BCUT2D eigenvalue weighted by atomic mass is 32.2. The van der Waals surface area contributed by atoms with Crippen LogP contribution >= 0.6 is 0 Å². The summed E-state index contributed by atoms with van der Waals surface area (Å²) in [6.45, 7) is 1.69. The molecule has 0 bridgehead atoms. The Morgan fingerprint density at radius 2 is 1.50 bits per heavy atom. The molecule has 0 spiro atoms. The summed E-state index contributed by atoms with van der Waals surface area (Å²) in [5, 5.41) is 1.21. The Bertz CT molecular complexity index is 762. The third-order valence-electron chi connectivity index (χ3n) is 2.58. The molecule has 0 aliphatic rings. The average molecular weight is 282 g/mol. The van der Waals surface area contributed by atoms with Crippen LogP contribution in [0.3, 0.4) is 0 Å². The summed E-state index contributed by atoms with van der Waals surface area (Å²) in [6, 6.07) is 17.8. The van der Waals surface area contributed by atoms with Gasteiger partial charge in [-0.2, -0.15) is 0 Å². The fourth-order valence-corrected chi connectivity index (χ4v) is 2.83. The molecule has 0 atom stereocenters. The lowest BCUT2D eigenvalue weighted by Crippen LogP contribution is -1.96. The first-order valence-electron chi connectivity index (χ1n) is 6.13. The summed E-state index contributed by atoms with van der Waals surface area (Å²) < 4.78 is 24.2. The molecule has 0 aliphatic heterocycles. The van der Waals surface area contributed by atoms with Crippen LogP contribution in [0.25, 0.3) is 0 Å². The van der Waals surface area contributed by atoms with Gasteiger partial charge in [-0.05, 0) is 31.2 Å². The van der Waals surface area contributed by atoms with Gasteiger partial charge in [-0.25, -0.2) is 8.42 Å². The third-order valence-corrected chi connectivity index (χ3v) is 4.17. The van der Waals surface area contributed by atoms with Crippen molar-refractivity contribution in [1.29, 1.82) is 0 Å². The Morgan fingerprint density at radius 3 is 2.10 bits per heavy atom. The monoisotopic (exact) mass is 282 g/mol. The van der Waals surface area contributed by atoms with Gasteiger partial charge in [0.1, 0.15) is 0 Å². The van der Waals surface area contributed by atoms with Crippen molar-refractivity contribution < 1.29 is 8.42 Å². The number of rotatable bonds is 2. The average Bonchev–Trinajstić information content (AvgIpc) is 2.47. The van der Waals surface area contributed by atoms with Crippen LogP contribution in [0.2, 0.25) is 0 Å². The molecule has 0 aliphatic carbocycles. The molecule has 0 heterocycles. The molecule has 0 radical (unpaired) electrons. The fourth-order valence-electron chi connectivity index (χ4n) is 1.63. The van der Waals surface area contributed by atoms with E-state index in [1.165, 1.54) is 5.41 Å². The molecule has 0 saturated heterocycles. The molecule has 2 nitrogen and oxygen atoms in total. The maximum Gasteiger partial charge on any atom is 0.200 e. The van der Waals surface area contributed by atoms with Gasteiger partial charge in [0, 0.05) is 16.5 Å². The number of hydrogen-bond acceptors (Lipinski definition) is 2. The van der Waals surface area contributed by atoms with Crippen molar-refractivity contribution in [3.8, 4) is 11.8 Å². The Labute approximate surface area is 119 Å². The van der Waals surface area contributed by atoms with Crippen LogP contribution in [-0.2, 0) is 9.84 Å². The van der Waals surface area contributed by atoms with Gasteiger partial charge < -0.3 is 0 Å². The van der Waals surface area contributed by atoms with E-state index in [9.17, 15) is 8.42 Å². The largest absolute Gasteiger partial charge is 0.219 e. The minimum atomic E-state index is -3.43. The topological polar surface area (TPSA) is 34.1 Å². The summed E-state index contributed by atoms with van der Waals surface area (Å²) in [5.74, 6) is 5.79. The fraction of sp³-hybridized carbons (Fsp3) is 0.0588.